The molecule has 0 N–H and O–H groups in total. The molecule has 0 saturated heterocycles. The average molecular weight is 868 g/mol. The summed E-state index contributed by atoms with van der Waals surface area (Å²) in [5.41, 5.74) is 14.8. The van der Waals surface area contributed by atoms with Crippen LogP contribution in [-0.4, -0.2) is 24.1 Å². The van der Waals surface area contributed by atoms with Crippen LogP contribution in [0.2, 0.25) is 0 Å². The second-order valence-corrected chi connectivity index (χ2v) is 17.9. The minimum absolute atomic E-state index is 0.572. The number of nitrogens with zero attached hydrogens (tertiary/aromatic N) is 5. The first kappa shape index (κ1) is 38.3. The van der Waals surface area contributed by atoms with E-state index < -0.39 is 0 Å². The zero-order valence-corrected chi connectivity index (χ0v) is 37.0. The van der Waals surface area contributed by atoms with Gasteiger partial charge in [-0.15, -0.1) is 0 Å². The zero-order chi connectivity index (χ0) is 44.7. The smallest absolute Gasteiger partial charge is 0.238 e. The maximum atomic E-state index is 5.32. The fourth-order valence-corrected chi connectivity index (χ4v) is 10.9. The molecule has 10 aromatic carbocycles. The molecule has 0 radical (unpaired) electrons. The zero-order valence-electron chi connectivity index (χ0n) is 37.0. The molecular weight excluding hydrogens is 827 g/mol. The number of allylic oxidation sites excluding steroid dienone is 1. The number of para-hydroxylation sites is 2. The van der Waals surface area contributed by atoms with E-state index in [4.69, 9.17) is 15.0 Å². The fraction of sp³-hybridized carbons (Fsp3) is 0.0317. The van der Waals surface area contributed by atoms with Gasteiger partial charge in [-0.1, -0.05) is 176 Å². The van der Waals surface area contributed by atoms with Crippen molar-refractivity contribution in [2.24, 2.45) is 0 Å². The third kappa shape index (κ3) is 6.06. The van der Waals surface area contributed by atoms with Gasteiger partial charge >= 0.3 is 0 Å². The van der Waals surface area contributed by atoms with Gasteiger partial charge in [0.05, 0.1) is 22.1 Å². The fourth-order valence-electron chi connectivity index (χ4n) is 10.9. The highest BCUT2D eigenvalue weighted by molar-refractivity contribution is 6.19. The van der Waals surface area contributed by atoms with Crippen molar-refractivity contribution < 1.29 is 0 Å². The first-order valence-corrected chi connectivity index (χ1v) is 23.4. The second-order valence-electron chi connectivity index (χ2n) is 17.9. The molecule has 5 heteroatoms. The molecule has 318 valence electrons. The van der Waals surface area contributed by atoms with Crippen LogP contribution in [0.25, 0.3) is 128 Å². The summed E-state index contributed by atoms with van der Waals surface area (Å²) >= 11 is 0. The lowest BCUT2D eigenvalue weighted by Crippen LogP contribution is -2.06. The van der Waals surface area contributed by atoms with Crippen LogP contribution in [0.4, 0.5) is 0 Å². The number of hydrogen-bond acceptors (Lipinski definition) is 3. The molecule has 3 heterocycles. The van der Waals surface area contributed by atoms with Crippen LogP contribution in [0.3, 0.4) is 0 Å². The molecule has 0 saturated carbocycles. The molecule has 0 amide bonds. The van der Waals surface area contributed by atoms with Gasteiger partial charge in [-0.05, 0) is 116 Å². The Hall–Kier alpha value is -8.93. The predicted octanol–water partition coefficient (Wildman–Crippen LogP) is 16.0. The van der Waals surface area contributed by atoms with Gasteiger partial charge in [-0.25, -0.2) is 4.98 Å². The summed E-state index contributed by atoms with van der Waals surface area (Å²) in [5, 5.41) is 9.94. The molecule has 0 unspecified atom stereocenters. The van der Waals surface area contributed by atoms with Gasteiger partial charge in [0.25, 0.3) is 0 Å². The highest BCUT2D eigenvalue weighted by atomic mass is 15.2. The van der Waals surface area contributed by atoms with Crippen LogP contribution >= 0.6 is 0 Å². The van der Waals surface area contributed by atoms with E-state index in [0.717, 1.165) is 79.0 Å². The molecule has 68 heavy (non-hydrogen) atoms. The van der Waals surface area contributed by atoms with Crippen molar-refractivity contribution in [3.05, 3.63) is 230 Å². The molecule has 5 nitrogen and oxygen atoms in total. The number of rotatable bonds is 6. The molecule has 3 aromatic heterocycles. The monoisotopic (exact) mass is 867 g/mol. The van der Waals surface area contributed by atoms with Crippen molar-refractivity contribution in [3.8, 4) is 56.7 Å². The lowest BCUT2D eigenvalue weighted by Gasteiger charge is -2.18. The van der Waals surface area contributed by atoms with E-state index >= 15 is 0 Å². The molecule has 0 aliphatic heterocycles. The van der Waals surface area contributed by atoms with Gasteiger partial charge in [-0.2, -0.15) is 9.97 Å². The average Bonchev–Trinajstić information content (AvgIpc) is 3.92. The Balaban J connectivity index is 0.935. The topological polar surface area (TPSA) is 48.5 Å². The summed E-state index contributed by atoms with van der Waals surface area (Å²) in [6.07, 6.45) is 6.80. The van der Waals surface area contributed by atoms with Crippen molar-refractivity contribution in [2.45, 2.75) is 12.8 Å². The van der Waals surface area contributed by atoms with Crippen LogP contribution in [0, 0.1) is 0 Å². The molecule has 0 spiro atoms. The van der Waals surface area contributed by atoms with Gasteiger partial charge in [-0.3, -0.25) is 4.57 Å². The van der Waals surface area contributed by atoms with Crippen molar-refractivity contribution >= 4 is 71.2 Å². The minimum Gasteiger partial charge on any atom is -0.309 e. The number of aromatic nitrogens is 5. The Morgan fingerprint density at radius 1 is 0.324 bits per heavy atom. The standard InChI is InChI=1S/C63H41N5/c1-3-16-40(17-4-1)43-20-15-21-45(36-43)62-64-61(42-18-5-2-6-19-42)65-63(66-62)68-58-29-14-12-27-53(58)56-38-59-55(39-60(56)68)52-26-11-13-28-57(52)67(59)46-33-30-41(31-34-46)44-32-35-51-49-24-8-7-22-47(49)48-23-9-10-25-50(48)54(51)37-44/h1-7,9-23,25-39H,8,24H2. The van der Waals surface area contributed by atoms with E-state index in [1.165, 1.54) is 49.2 Å². The van der Waals surface area contributed by atoms with Crippen LogP contribution in [-0.2, 0) is 6.42 Å². The predicted molar refractivity (Wildman–Crippen MR) is 283 cm³/mol. The third-order valence-electron chi connectivity index (χ3n) is 14.0. The first-order chi connectivity index (χ1) is 33.7. The van der Waals surface area contributed by atoms with Crippen molar-refractivity contribution in [3.63, 3.8) is 0 Å². The Morgan fingerprint density at radius 2 is 0.868 bits per heavy atom. The Kier molecular flexibility index (Phi) is 8.65. The number of aryl methyl sites for hydroxylation is 1. The summed E-state index contributed by atoms with van der Waals surface area (Å²) < 4.78 is 4.64. The summed E-state index contributed by atoms with van der Waals surface area (Å²) in [4.78, 5) is 15.7. The Bertz CT molecular complexity index is 4180. The van der Waals surface area contributed by atoms with Crippen molar-refractivity contribution in [1.29, 1.82) is 0 Å². The molecule has 0 bridgehead atoms. The molecule has 0 fully saturated rings. The van der Waals surface area contributed by atoms with E-state index in [1.807, 2.05) is 24.3 Å². The van der Waals surface area contributed by atoms with E-state index in [0.29, 0.717) is 17.6 Å². The Morgan fingerprint density at radius 3 is 1.60 bits per heavy atom. The maximum absolute atomic E-state index is 5.32. The Labute approximate surface area is 392 Å². The summed E-state index contributed by atoms with van der Waals surface area (Å²) in [6.45, 7) is 0. The van der Waals surface area contributed by atoms with Gasteiger partial charge < -0.3 is 4.57 Å². The van der Waals surface area contributed by atoms with Crippen molar-refractivity contribution in [2.75, 3.05) is 0 Å². The van der Waals surface area contributed by atoms with Crippen LogP contribution < -0.4 is 0 Å². The molecule has 0 atom stereocenters. The maximum Gasteiger partial charge on any atom is 0.238 e. The minimum atomic E-state index is 0.572. The highest BCUT2D eigenvalue weighted by Gasteiger charge is 2.22. The molecular formula is C63H41N5. The van der Waals surface area contributed by atoms with Crippen molar-refractivity contribution in [1.82, 2.24) is 24.1 Å². The summed E-state index contributed by atoms with van der Waals surface area (Å²) in [5.74, 6) is 1.81. The van der Waals surface area contributed by atoms with Gasteiger partial charge in [0.1, 0.15) is 0 Å². The van der Waals surface area contributed by atoms with Gasteiger partial charge in [0.2, 0.25) is 5.95 Å². The first-order valence-electron chi connectivity index (χ1n) is 23.4. The molecule has 1 aliphatic carbocycles. The third-order valence-corrected chi connectivity index (χ3v) is 14.0. The largest absolute Gasteiger partial charge is 0.309 e. The molecule has 14 rings (SSSR count). The SMILES string of the molecule is C1=Cc2c(c3ccc(-c4ccc(-n5c6ccccc6c6cc7c(cc65)c5ccccc5n7-c5nc(-c6ccccc6)nc(-c6cccc(-c7ccccc7)c6)n5)cc4)cc3c3ccccc23)CC1. The molecule has 13 aromatic rings. The van der Waals surface area contributed by atoms with E-state index in [1.54, 1.807) is 0 Å². The quantitative estimate of drug-likeness (QED) is 0.156. The van der Waals surface area contributed by atoms with Crippen LogP contribution in [0.15, 0.2) is 218 Å². The lowest BCUT2D eigenvalue weighted by atomic mass is 9.86. The number of benzene rings is 10. The van der Waals surface area contributed by atoms with E-state index in [2.05, 4.69) is 209 Å². The second kappa shape index (κ2) is 15.3. The van der Waals surface area contributed by atoms with E-state index in [-0.39, 0.29) is 0 Å². The highest BCUT2D eigenvalue weighted by Crippen LogP contribution is 2.42. The number of hydrogen-bond donors (Lipinski definition) is 0. The number of fused-ring (bicyclic) bond motifs is 12. The van der Waals surface area contributed by atoms with Gasteiger partial charge in [0.15, 0.2) is 11.6 Å². The van der Waals surface area contributed by atoms with Crippen LogP contribution in [0.1, 0.15) is 17.5 Å². The van der Waals surface area contributed by atoms with Gasteiger partial charge in [0, 0.05) is 38.4 Å². The summed E-state index contributed by atoms with van der Waals surface area (Å²) in [7, 11) is 0. The van der Waals surface area contributed by atoms with E-state index in [9.17, 15) is 0 Å². The lowest BCUT2D eigenvalue weighted by molar-refractivity contribution is 0.954. The van der Waals surface area contributed by atoms with Crippen LogP contribution in [0.5, 0.6) is 0 Å². The molecule has 1 aliphatic rings. The summed E-state index contributed by atoms with van der Waals surface area (Å²) in [6, 6.07) is 76.3. The normalized spacial score (nSPS) is 12.5.